The maximum atomic E-state index is 13.4. The summed E-state index contributed by atoms with van der Waals surface area (Å²) in [7, 11) is 1.79. The first-order valence-corrected chi connectivity index (χ1v) is 10.0. The number of nitrogens with zero attached hydrogens (tertiary/aromatic N) is 3. The zero-order chi connectivity index (χ0) is 19.1. The summed E-state index contributed by atoms with van der Waals surface area (Å²) >= 11 is 0. The van der Waals surface area contributed by atoms with Gasteiger partial charge in [-0.05, 0) is 50.4 Å². The predicted molar refractivity (Wildman–Crippen MR) is 122 cm³/mol. The molecule has 0 aromatic heterocycles. The van der Waals surface area contributed by atoms with Crippen molar-refractivity contribution in [2.24, 2.45) is 10.9 Å². The van der Waals surface area contributed by atoms with Crippen molar-refractivity contribution in [1.29, 1.82) is 0 Å². The van der Waals surface area contributed by atoms with Crippen LogP contribution in [-0.2, 0) is 0 Å². The minimum absolute atomic E-state index is 0. The fourth-order valence-electron chi connectivity index (χ4n) is 3.89. The van der Waals surface area contributed by atoms with Gasteiger partial charge in [0.05, 0.1) is 0 Å². The smallest absolute Gasteiger partial charge is 0.191 e. The van der Waals surface area contributed by atoms with Crippen LogP contribution in [0.25, 0.3) is 0 Å². The summed E-state index contributed by atoms with van der Waals surface area (Å²) in [5, 5.41) is 6.79. The first-order valence-electron chi connectivity index (χ1n) is 10.0. The van der Waals surface area contributed by atoms with Gasteiger partial charge in [-0.2, -0.15) is 0 Å². The highest BCUT2D eigenvalue weighted by molar-refractivity contribution is 14.0. The van der Waals surface area contributed by atoms with Crippen LogP contribution in [0.3, 0.4) is 0 Å². The first kappa shape index (κ1) is 23.1. The molecule has 8 heteroatoms. The third-order valence-electron chi connectivity index (χ3n) is 5.51. The van der Waals surface area contributed by atoms with Crippen LogP contribution in [-0.4, -0.2) is 63.7 Å². The van der Waals surface area contributed by atoms with E-state index in [4.69, 9.17) is 0 Å². The number of guanidine groups is 1. The number of rotatable bonds is 6. The summed E-state index contributed by atoms with van der Waals surface area (Å²) in [6, 6.07) is 4.13. The van der Waals surface area contributed by atoms with Crippen LogP contribution in [0.1, 0.15) is 25.7 Å². The fourth-order valence-corrected chi connectivity index (χ4v) is 3.89. The van der Waals surface area contributed by atoms with Gasteiger partial charge in [0.2, 0.25) is 0 Å². The largest absolute Gasteiger partial charge is 0.371 e. The third-order valence-corrected chi connectivity index (χ3v) is 5.51. The Balaban J connectivity index is 0.00000280. The molecular formula is C20H32F2IN5. The topological polar surface area (TPSA) is 42.9 Å². The molecule has 2 aliphatic rings. The van der Waals surface area contributed by atoms with E-state index in [1.54, 1.807) is 13.1 Å². The molecule has 1 aromatic rings. The van der Waals surface area contributed by atoms with Crippen molar-refractivity contribution in [1.82, 2.24) is 15.5 Å². The second-order valence-electron chi connectivity index (χ2n) is 7.48. The lowest BCUT2D eigenvalue weighted by atomic mass is 10.1. The minimum Gasteiger partial charge on any atom is -0.371 e. The zero-order valence-electron chi connectivity index (χ0n) is 16.6. The molecule has 2 aliphatic heterocycles. The van der Waals surface area contributed by atoms with Gasteiger partial charge in [-0.15, -0.1) is 24.0 Å². The molecule has 2 N–H and O–H groups in total. The average molecular weight is 507 g/mol. The van der Waals surface area contributed by atoms with Gasteiger partial charge in [0, 0.05) is 51.5 Å². The van der Waals surface area contributed by atoms with Crippen LogP contribution in [0.15, 0.2) is 23.2 Å². The van der Waals surface area contributed by atoms with Crippen LogP contribution in [0.4, 0.5) is 14.5 Å². The predicted octanol–water partition coefficient (Wildman–Crippen LogP) is 3.06. The zero-order valence-corrected chi connectivity index (χ0v) is 18.9. The van der Waals surface area contributed by atoms with E-state index < -0.39 is 11.6 Å². The van der Waals surface area contributed by atoms with Crippen molar-refractivity contribution in [2.75, 3.05) is 57.8 Å². The SMILES string of the molecule is CN=C(NCCN1CCCCC1)NCC1CCN(c2ccc(F)c(F)c2)C1.I. The van der Waals surface area contributed by atoms with Gasteiger partial charge < -0.3 is 20.4 Å². The summed E-state index contributed by atoms with van der Waals surface area (Å²) in [6.07, 6.45) is 5.00. The lowest BCUT2D eigenvalue weighted by Crippen LogP contribution is -2.44. The summed E-state index contributed by atoms with van der Waals surface area (Å²) in [4.78, 5) is 8.91. The molecule has 5 nitrogen and oxygen atoms in total. The van der Waals surface area contributed by atoms with Crippen molar-refractivity contribution >= 4 is 35.6 Å². The quantitative estimate of drug-likeness (QED) is 0.353. The fraction of sp³-hybridized carbons (Fsp3) is 0.650. The number of aliphatic imine (C=N–C) groups is 1. The molecule has 1 atom stereocenters. The maximum absolute atomic E-state index is 13.4. The Morgan fingerprint density at radius 2 is 1.89 bits per heavy atom. The van der Waals surface area contributed by atoms with Crippen molar-refractivity contribution in [3.63, 3.8) is 0 Å². The molecule has 0 spiro atoms. The first-order chi connectivity index (χ1) is 13.2. The number of benzene rings is 1. The Kier molecular flexibility index (Phi) is 9.70. The minimum atomic E-state index is -0.796. The highest BCUT2D eigenvalue weighted by Crippen LogP contribution is 2.24. The van der Waals surface area contributed by atoms with Crippen molar-refractivity contribution in [2.45, 2.75) is 25.7 Å². The Labute approximate surface area is 184 Å². The highest BCUT2D eigenvalue weighted by Gasteiger charge is 2.23. The molecule has 3 rings (SSSR count). The molecule has 0 radical (unpaired) electrons. The Morgan fingerprint density at radius 3 is 2.61 bits per heavy atom. The summed E-state index contributed by atoms with van der Waals surface area (Å²) in [6.45, 7) is 6.87. The molecule has 2 fully saturated rings. The van der Waals surface area contributed by atoms with Gasteiger partial charge >= 0.3 is 0 Å². The second kappa shape index (κ2) is 11.7. The van der Waals surface area contributed by atoms with Crippen molar-refractivity contribution < 1.29 is 8.78 Å². The number of anilines is 1. The van der Waals surface area contributed by atoms with Crippen LogP contribution in [0.5, 0.6) is 0 Å². The molecule has 2 heterocycles. The van der Waals surface area contributed by atoms with E-state index in [9.17, 15) is 8.78 Å². The van der Waals surface area contributed by atoms with Crippen molar-refractivity contribution in [3.8, 4) is 0 Å². The van der Waals surface area contributed by atoms with Gasteiger partial charge in [-0.3, -0.25) is 4.99 Å². The van der Waals surface area contributed by atoms with E-state index in [0.717, 1.165) is 50.8 Å². The molecule has 1 unspecified atom stereocenters. The summed E-state index contributed by atoms with van der Waals surface area (Å²) < 4.78 is 26.5. The number of nitrogens with one attached hydrogen (secondary N) is 2. The number of hydrogen-bond acceptors (Lipinski definition) is 3. The Bertz CT molecular complexity index is 637. The molecule has 0 bridgehead atoms. The van der Waals surface area contributed by atoms with Crippen LogP contribution in [0.2, 0.25) is 0 Å². The number of hydrogen-bond donors (Lipinski definition) is 2. The van der Waals surface area contributed by atoms with E-state index in [0.29, 0.717) is 5.92 Å². The standard InChI is InChI=1S/C20H31F2N5.HI/c1-23-20(24-8-12-26-9-3-2-4-10-26)25-14-16-7-11-27(15-16)17-5-6-18(21)19(22)13-17;/h5-6,13,16H,2-4,7-12,14-15H2,1H3,(H2,23,24,25);1H. The Morgan fingerprint density at radius 1 is 1.11 bits per heavy atom. The third kappa shape index (κ3) is 6.72. The lowest BCUT2D eigenvalue weighted by Gasteiger charge is -2.26. The molecule has 158 valence electrons. The van der Waals surface area contributed by atoms with Crippen molar-refractivity contribution in [3.05, 3.63) is 29.8 Å². The molecule has 2 saturated heterocycles. The number of piperidine rings is 1. The second-order valence-corrected chi connectivity index (χ2v) is 7.48. The molecular weight excluding hydrogens is 475 g/mol. The molecule has 28 heavy (non-hydrogen) atoms. The normalized spacial score (nSPS) is 20.8. The summed E-state index contributed by atoms with van der Waals surface area (Å²) in [5.74, 6) is -0.292. The van der Waals surface area contributed by atoms with Crippen LogP contribution in [0, 0.1) is 17.6 Å². The van der Waals surface area contributed by atoms with Crippen LogP contribution >= 0.6 is 24.0 Å². The van der Waals surface area contributed by atoms with Gasteiger partial charge in [0.1, 0.15) is 0 Å². The highest BCUT2D eigenvalue weighted by atomic mass is 127. The monoisotopic (exact) mass is 507 g/mol. The van der Waals surface area contributed by atoms with Gasteiger partial charge in [-0.25, -0.2) is 8.78 Å². The Hall–Kier alpha value is -1.16. The number of halogens is 3. The van der Waals surface area contributed by atoms with Gasteiger partial charge in [0.15, 0.2) is 17.6 Å². The molecule has 0 aliphatic carbocycles. The van der Waals surface area contributed by atoms with Crippen LogP contribution < -0.4 is 15.5 Å². The number of likely N-dealkylation sites (tertiary alicyclic amines) is 1. The molecule has 1 aromatic carbocycles. The van der Waals surface area contributed by atoms with E-state index in [1.807, 2.05) is 0 Å². The van der Waals surface area contributed by atoms with E-state index >= 15 is 0 Å². The lowest BCUT2D eigenvalue weighted by molar-refractivity contribution is 0.232. The maximum Gasteiger partial charge on any atom is 0.191 e. The summed E-state index contributed by atoms with van der Waals surface area (Å²) in [5.41, 5.74) is 0.750. The van der Waals surface area contributed by atoms with Gasteiger partial charge in [0.25, 0.3) is 0 Å². The molecule has 0 amide bonds. The molecule has 0 saturated carbocycles. The van der Waals surface area contributed by atoms with E-state index in [2.05, 4.69) is 25.4 Å². The van der Waals surface area contributed by atoms with Gasteiger partial charge in [-0.1, -0.05) is 6.42 Å². The van der Waals surface area contributed by atoms with E-state index in [1.165, 1.54) is 44.5 Å². The average Bonchev–Trinajstić information content (AvgIpc) is 3.16. The van der Waals surface area contributed by atoms with E-state index in [-0.39, 0.29) is 24.0 Å².